The molecule has 2 N–H and O–H groups in total. The molecule has 0 fully saturated rings. The summed E-state index contributed by atoms with van der Waals surface area (Å²) in [5.74, 6) is -0.193. The molecule has 122 valence electrons. The molecule has 0 amide bonds. The van der Waals surface area contributed by atoms with Crippen LogP contribution in [0.4, 0.5) is 0 Å². The van der Waals surface area contributed by atoms with Gasteiger partial charge in [-0.15, -0.1) is 0 Å². The molecule has 0 heterocycles. The van der Waals surface area contributed by atoms with Gasteiger partial charge in [0.2, 0.25) is 10.0 Å². The summed E-state index contributed by atoms with van der Waals surface area (Å²) in [6.07, 6.45) is -0.474. The molecule has 6 heteroatoms. The molecular weight excluding hydrogens is 314 g/mol. The van der Waals surface area contributed by atoms with Gasteiger partial charge in [0.05, 0.1) is 11.0 Å². The molecule has 1 unspecified atom stereocenters. The summed E-state index contributed by atoms with van der Waals surface area (Å²) in [5, 5.41) is 10.0. The third-order valence-electron chi connectivity index (χ3n) is 3.45. The zero-order chi connectivity index (χ0) is 16.9. The largest absolute Gasteiger partial charge is 0.388 e. The molecule has 0 saturated heterocycles. The van der Waals surface area contributed by atoms with E-state index in [0.717, 1.165) is 5.56 Å². The first-order valence-corrected chi connectivity index (χ1v) is 8.72. The van der Waals surface area contributed by atoms with Gasteiger partial charge in [0.25, 0.3) is 0 Å². The van der Waals surface area contributed by atoms with Gasteiger partial charge in [-0.3, -0.25) is 4.79 Å². The highest BCUT2D eigenvalue weighted by molar-refractivity contribution is 7.89. The van der Waals surface area contributed by atoms with Crippen LogP contribution >= 0.6 is 0 Å². The van der Waals surface area contributed by atoms with Crippen molar-refractivity contribution in [3.63, 3.8) is 0 Å². The van der Waals surface area contributed by atoms with Crippen molar-refractivity contribution in [3.05, 3.63) is 65.7 Å². The van der Waals surface area contributed by atoms with Crippen molar-refractivity contribution < 1.29 is 18.3 Å². The van der Waals surface area contributed by atoms with Crippen LogP contribution < -0.4 is 4.72 Å². The number of hydrogen-bond acceptors (Lipinski definition) is 4. The summed E-state index contributed by atoms with van der Waals surface area (Å²) in [6, 6.07) is 14.9. The van der Waals surface area contributed by atoms with E-state index in [9.17, 15) is 18.3 Å². The van der Waals surface area contributed by atoms with Crippen molar-refractivity contribution in [1.29, 1.82) is 0 Å². The fourth-order valence-electron chi connectivity index (χ4n) is 2.14. The molecule has 1 atom stereocenters. The molecule has 2 rings (SSSR count). The summed E-state index contributed by atoms with van der Waals surface area (Å²) >= 11 is 0. The number of carbonyl (C=O) groups excluding carboxylic acids is 1. The molecule has 0 saturated carbocycles. The Morgan fingerprint density at radius 1 is 1.13 bits per heavy atom. The summed E-state index contributed by atoms with van der Waals surface area (Å²) in [6.45, 7) is 1.48. The van der Waals surface area contributed by atoms with Crippen molar-refractivity contribution in [2.45, 2.75) is 24.3 Å². The first-order valence-electron chi connectivity index (χ1n) is 7.24. The molecule has 0 aliphatic rings. The number of benzene rings is 2. The fourth-order valence-corrected chi connectivity index (χ4v) is 3.23. The Hall–Kier alpha value is -2.02. The van der Waals surface area contributed by atoms with Crippen molar-refractivity contribution in [2.75, 3.05) is 6.54 Å². The number of carbonyl (C=O) groups is 1. The van der Waals surface area contributed by atoms with Gasteiger partial charge < -0.3 is 5.11 Å². The number of aliphatic hydroxyl groups is 1. The van der Waals surface area contributed by atoms with Crippen LogP contribution in [0.1, 0.15) is 35.4 Å². The maximum Gasteiger partial charge on any atom is 0.240 e. The lowest BCUT2D eigenvalue weighted by atomic mass is 10.1. The quantitative estimate of drug-likeness (QED) is 0.762. The average Bonchev–Trinajstić information content (AvgIpc) is 2.55. The molecule has 0 bridgehead atoms. The summed E-state index contributed by atoms with van der Waals surface area (Å²) in [7, 11) is -3.71. The van der Waals surface area contributed by atoms with Crippen LogP contribution in [0.25, 0.3) is 0 Å². The van der Waals surface area contributed by atoms with Crippen molar-refractivity contribution >= 4 is 15.8 Å². The highest BCUT2D eigenvalue weighted by atomic mass is 32.2. The number of hydrogen-bond donors (Lipinski definition) is 2. The third kappa shape index (κ3) is 4.72. The Balaban J connectivity index is 1.99. The number of ketones is 1. The SMILES string of the molecule is CC(=O)c1cccc(S(=O)(=O)NCCC(O)c2ccccc2)c1. The number of rotatable bonds is 7. The number of sulfonamides is 1. The molecule has 2 aromatic rings. The van der Waals surface area contributed by atoms with Crippen LogP contribution in [0.5, 0.6) is 0 Å². The minimum Gasteiger partial charge on any atom is -0.388 e. The molecule has 0 spiro atoms. The lowest BCUT2D eigenvalue weighted by Crippen LogP contribution is -2.26. The van der Waals surface area contributed by atoms with Crippen LogP contribution in [0.3, 0.4) is 0 Å². The standard InChI is InChI=1S/C17H19NO4S/c1-13(19)15-8-5-9-16(12-15)23(21,22)18-11-10-17(20)14-6-3-2-4-7-14/h2-9,12,17-18,20H,10-11H2,1H3. The molecule has 0 aliphatic heterocycles. The second kappa shape index (κ2) is 7.50. The third-order valence-corrected chi connectivity index (χ3v) is 4.90. The maximum atomic E-state index is 12.2. The zero-order valence-electron chi connectivity index (χ0n) is 12.8. The Bertz CT molecular complexity index is 772. The molecule has 0 radical (unpaired) electrons. The number of nitrogens with one attached hydrogen (secondary N) is 1. The second-order valence-electron chi connectivity index (χ2n) is 5.20. The average molecular weight is 333 g/mol. The molecule has 2 aromatic carbocycles. The molecular formula is C17H19NO4S. The van der Waals surface area contributed by atoms with Gasteiger partial charge in [-0.05, 0) is 31.0 Å². The van der Waals surface area contributed by atoms with Crippen LogP contribution in [0.15, 0.2) is 59.5 Å². The van der Waals surface area contributed by atoms with E-state index in [2.05, 4.69) is 4.72 Å². The van der Waals surface area contributed by atoms with E-state index in [0.29, 0.717) is 5.56 Å². The van der Waals surface area contributed by atoms with E-state index in [1.807, 2.05) is 18.2 Å². The highest BCUT2D eigenvalue weighted by Gasteiger charge is 2.16. The van der Waals surface area contributed by atoms with E-state index < -0.39 is 16.1 Å². The number of aliphatic hydroxyl groups excluding tert-OH is 1. The first kappa shape index (κ1) is 17.3. The number of Topliss-reactive ketones (excluding diaryl/α,β-unsaturated/α-hetero) is 1. The second-order valence-corrected chi connectivity index (χ2v) is 6.96. The Morgan fingerprint density at radius 3 is 2.48 bits per heavy atom. The smallest absolute Gasteiger partial charge is 0.240 e. The monoisotopic (exact) mass is 333 g/mol. The van der Waals surface area contributed by atoms with E-state index in [4.69, 9.17) is 0 Å². The molecule has 0 aliphatic carbocycles. The fraction of sp³-hybridized carbons (Fsp3) is 0.235. The highest BCUT2D eigenvalue weighted by Crippen LogP contribution is 2.16. The van der Waals surface area contributed by atoms with Crippen molar-refractivity contribution in [2.24, 2.45) is 0 Å². The van der Waals surface area contributed by atoms with E-state index in [1.165, 1.54) is 25.1 Å². The molecule has 0 aromatic heterocycles. The lowest BCUT2D eigenvalue weighted by molar-refractivity contribution is 0.101. The Kier molecular flexibility index (Phi) is 5.65. The van der Waals surface area contributed by atoms with Crippen molar-refractivity contribution in [1.82, 2.24) is 4.72 Å². The van der Waals surface area contributed by atoms with Gasteiger partial charge in [0.1, 0.15) is 0 Å². The predicted molar refractivity (Wildman–Crippen MR) is 87.7 cm³/mol. The predicted octanol–water partition coefficient (Wildman–Crippen LogP) is 2.29. The molecule has 23 heavy (non-hydrogen) atoms. The van der Waals surface area contributed by atoms with E-state index in [1.54, 1.807) is 18.2 Å². The van der Waals surface area contributed by atoms with Gasteiger partial charge >= 0.3 is 0 Å². The minimum absolute atomic E-state index is 0.0411. The summed E-state index contributed by atoms with van der Waals surface area (Å²) in [4.78, 5) is 11.4. The van der Waals surface area contributed by atoms with Gasteiger partial charge in [0.15, 0.2) is 5.78 Å². The minimum atomic E-state index is -3.71. The Labute approximate surface area is 136 Å². The first-order chi connectivity index (χ1) is 10.9. The maximum absolute atomic E-state index is 12.2. The van der Waals surface area contributed by atoms with Crippen LogP contribution in [-0.2, 0) is 10.0 Å². The zero-order valence-corrected chi connectivity index (χ0v) is 13.6. The van der Waals surface area contributed by atoms with E-state index >= 15 is 0 Å². The van der Waals surface area contributed by atoms with Gasteiger partial charge in [-0.2, -0.15) is 0 Å². The van der Waals surface area contributed by atoms with Gasteiger partial charge in [-0.25, -0.2) is 13.1 Å². The van der Waals surface area contributed by atoms with E-state index in [-0.39, 0.29) is 23.6 Å². The topological polar surface area (TPSA) is 83.5 Å². The van der Waals surface area contributed by atoms with Crippen molar-refractivity contribution in [3.8, 4) is 0 Å². The van der Waals surface area contributed by atoms with Crippen LogP contribution in [-0.4, -0.2) is 25.9 Å². The van der Waals surface area contributed by atoms with Gasteiger partial charge in [-0.1, -0.05) is 42.5 Å². The normalized spacial score (nSPS) is 12.8. The lowest BCUT2D eigenvalue weighted by Gasteiger charge is -2.12. The van der Waals surface area contributed by atoms with Gasteiger partial charge in [0, 0.05) is 12.1 Å². The summed E-state index contributed by atoms with van der Waals surface area (Å²) in [5.41, 5.74) is 1.09. The molecule has 5 nitrogen and oxygen atoms in total. The Morgan fingerprint density at radius 2 is 1.83 bits per heavy atom. The van der Waals surface area contributed by atoms with Crippen LogP contribution in [0.2, 0.25) is 0 Å². The van der Waals surface area contributed by atoms with Crippen LogP contribution in [0, 0.1) is 0 Å². The summed E-state index contributed by atoms with van der Waals surface area (Å²) < 4.78 is 26.9.